The Kier molecular flexibility index (Phi) is 3.34. The Morgan fingerprint density at radius 3 is 2.33 bits per heavy atom. The van der Waals surface area contributed by atoms with Crippen molar-refractivity contribution >= 4 is 11.6 Å². The highest BCUT2D eigenvalue weighted by Gasteiger charge is 2.13. The second kappa shape index (κ2) is 4.93. The predicted octanol–water partition coefficient (Wildman–Crippen LogP) is 1.51. The summed E-state index contributed by atoms with van der Waals surface area (Å²) in [5.41, 5.74) is 2.46. The number of nitrogens with one attached hydrogen (secondary N) is 2. The van der Waals surface area contributed by atoms with Gasteiger partial charge in [0.15, 0.2) is 5.82 Å². The Bertz CT molecular complexity index is 291. The average molecular weight is 207 g/mol. The lowest BCUT2D eigenvalue weighted by Gasteiger charge is -2.22. The molecule has 1 aliphatic carbocycles. The van der Waals surface area contributed by atoms with E-state index in [9.17, 15) is 0 Å². The first-order valence-electron chi connectivity index (χ1n) is 5.45. The molecule has 0 aromatic carbocycles. The van der Waals surface area contributed by atoms with Crippen LogP contribution in [0.5, 0.6) is 0 Å². The van der Waals surface area contributed by atoms with Gasteiger partial charge >= 0.3 is 0 Å². The zero-order chi connectivity index (χ0) is 10.5. The highest BCUT2D eigenvalue weighted by molar-refractivity contribution is 5.41. The molecule has 0 spiro atoms. The van der Waals surface area contributed by atoms with E-state index >= 15 is 0 Å². The zero-order valence-corrected chi connectivity index (χ0v) is 8.74. The Hall–Kier alpha value is -1.36. The van der Waals surface area contributed by atoms with Crippen molar-refractivity contribution in [3.8, 4) is 0 Å². The fraction of sp³-hybridized carbons (Fsp3) is 0.600. The first-order valence-corrected chi connectivity index (χ1v) is 5.45. The molecule has 0 aliphatic heterocycles. The smallest absolute Gasteiger partial charge is 0.162 e. The molecule has 5 heteroatoms. The maximum atomic E-state index is 5.21. The number of nitrogens with two attached hydrogens (primary N) is 1. The highest BCUT2D eigenvalue weighted by atomic mass is 15.3. The molecule has 5 nitrogen and oxygen atoms in total. The normalized spacial score (nSPS) is 17.4. The number of anilines is 2. The van der Waals surface area contributed by atoms with Gasteiger partial charge in [-0.05, 0) is 25.0 Å². The molecule has 82 valence electrons. The van der Waals surface area contributed by atoms with Crippen molar-refractivity contribution in [2.75, 3.05) is 10.7 Å². The minimum atomic E-state index is 0.560. The van der Waals surface area contributed by atoms with E-state index in [2.05, 4.69) is 20.9 Å². The highest BCUT2D eigenvalue weighted by Crippen LogP contribution is 2.20. The Labute approximate surface area is 89.4 Å². The van der Waals surface area contributed by atoms with Crippen LogP contribution in [-0.4, -0.2) is 16.2 Å². The van der Waals surface area contributed by atoms with Crippen LogP contribution in [0.1, 0.15) is 32.1 Å². The summed E-state index contributed by atoms with van der Waals surface area (Å²) >= 11 is 0. The van der Waals surface area contributed by atoms with Crippen LogP contribution in [0.15, 0.2) is 12.1 Å². The Balaban J connectivity index is 1.91. The van der Waals surface area contributed by atoms with Crippen molar-refractivity contribution in [2.45, 2.75) is 38.1 Å². The van der Waals surface area contributed by atoms with Gasteiger partial charge in [0.1, 0.15) is 5.82 Å². The van der Waals surface area contributed by atoms with Gasteiger partial charge in [-0.1, -0.05) is 19.3 Å². The molecule has 1 fully saturated rings. The van der Waals surface area contributed by atoms with Gasteiger partial charge in [0.25, 0.3) is 0 Å². The summed E-state index contributed by atoms with van der Waals surface area (Å²) in [6.45, 7) is 0. The van der Waals surface area contributed by atoms with E-state index in [-0.39, 0.29) is 0 Å². The van der Waals surface area contributed by atoms with Gasteiger partial charge < -0.3 is 10.7 Å². The number of nitrogen functional groups attached to an aromatic ring is 1. The molecule has 15 heavy (non-hydrogen) atoms. The summed E-state index contributed by atoms with van der Waals surface area (Å²) in [4.78, 5) is 0. The van der Waals surface area contributed by atoms with Crippen LogP contribution < -0.4 is 16.6 Å². The number of hydrazine groups is 1. The summed E-state index contributed by atoms with van der Waals surface area (Å²) in [6.07, 6.45) is 6.46. The number of hydrogen-bond donors (Lipinski definition) is 3. The molecule has 1 heterocycles. The minimum Gasteiger partial charge on any atom is -0.366 e. The Morgan fingerprint density at radius 1 is 1.07 bits per heavy atom. The van der Waals surface area contributed by atoms with Crippen molar-refractivity contribution < 1.29 is 0 Å². The molecule has 0 atom stereocenters. The third-order valence-corrected chi connectivity index (χ3v) is 2.77. The van der Waals surface area contributed by atoms with Gasteiger partial charge in [0.2, 0.25) is 0 Å². The summed E-state index contributed by atoms with van der Waals surface area (Å²) in [5.74, 6) is 6.63. The maximum Gasteiger partial charge on any atom is 0.162 e. The van der Waals surface area contributed by atoms with Crippen molar-refractivity contribution in [1.29, 1.82) is 0 Å². The number of hydrogen-bond acceptors (Lipinski definition) is 5. The van der Waals surface area contributed by atoms with Gasteiger partial charge in [0, 0.05) is 6.04 Å². The summed E-state index contributed by atoms with van der Waals surface area (Å²) in [6, 6.07) is 4.28. The number of nitrogens with zero attached hydrogens (tertiary/aromatic N) is 2. The van der Waals surface area contributed by atoms with Crippen LogP contribution in [0.25, 0.3) is 0 Å². The van der Waals surface area contributed by atoms with Crippen LogP contribution >= 0.6 is 0 Å². The van der Waals surface area contributed by atoms with Crippen LogP contribution in [0.3, 0.4) is 0 Å². The molecule has 1 aromatic rings. The predicted molar refractivity (Wildman–Crippen MR) is 60.3 cm³/mol. The number of aromatic nitrogens is 2. The standard InChI is InChI=1S/C10H17N5/c11-13-10-7-6-9(14-15-10)12-8-4-2-1-3-5-8/h6-8H,1-5,11H2,(H,12,14)(H,13,15). The van der Waals surface area contributed by atoms with Crippen LogP contribution in [0, 0.1) is 0 Å². The summed E-state index contributed by atoms with van der Waals surface area (Å²) < 4.78 is 0. The van der Waals surface area contributed by atoms with E-state index in [1.54, 1.807) is 0 Å². The second-order valence-corrected chi connectivity index (χ2v) is 3.93. The van der Waals surface area contributed by atoms with Gasteiger partial charge in [0.05, 0.1) is 0 Å². The quantitative estimate of drug-likeness (QED) is 0.517. The fourth-order valence-electron chi connectivity index (χ4n) is 1.94. The van der Waals surface area contributed by atoms with Crippen LogP contribution in [0.4, 0.5) is 11.6 Å². The van der Waals surface area contributed by atoms with E-state index in [4.69, 9.17) is 5.84 Å². The SMILES string of the molecule is NNc1ccc(NC2CCCCC2)nn1. The molecule has 4 N–H and O–H groups in total. The molecular formula is C10H17N5. The molecular weight excluding hydrogens is 190 g/mol. The molecule has 0 amide bonds. The van der Waals surface area contributed by atoms with Crippen molar-refractivity contribution in [2.24, 2.45) is 5.84 Å². The molecule has 1 aliphatic rings. The summed E-state index contributed by atoms with van der Waals surface area (Å²) in [5, 5.41) is 11.3. The first kappa shape index (κ1) is 10.2. The molecule has 1 saturated carbocycles. The van der Waals surface area contributed by atoms with Gasteiger partial charge in [-0.15, -0.1) is 10.2 Å². The van der Waals surface area contributed by atoms with Crippen LogP contribution in [0.2, 0.25) is 0 Å². The second-order valence-electron chi connectivity index (χ2n) is 3.93. The van der Waals surface area contributed by atoms with Gasteiger partial charge in [-0.25, -0.2) is 5.84 Å². The molecule has 0 radical (unpaired) electrons. The Morgan fingerprint density at radius 2 is 1.73 bits per heavy atom. The van der Waals surface area contributed by atoms with Crippen molar-refractivity contribution in [1.82, 2.24) is 10.2 Å². The van der Waals surface area contributed by atoms with E-state index < -0.39 is 0 Å². The average Bonchev–Trinajstić information content (AvgIpc) is 2.31. The summed E-state index contributed by atoms with van der Waals surface area (Å²) in [7, 11) is 0. The van der Waals surface area contributed by atoms with E-state index in [1.165, 1.54) is 32.1 Å². The molecule has 2 rings (SSSR count). The first-order chi connectivity index (χ1) is 7.38. The van der Waals surface area contributed by atoms with Gasteiger partial charge in [-0.3, -0.25) is 0 Å². The maximum absolute atomic E-state index is 5.21. The topological polar surface area (TPSA) is 75.9 Å². The third-order valence-electron chi connectivity index (χ3n) is 2.77. The lowest BCUT2D eigenvalue weighted by Crippen LogP contribution is -2.23. The number of rotatable bonds is 3. The molecule has 0 saturated heterocycles. The molecule has 1 aromatic heterocycles. The lowest BCUT2D eigenvalue weighted by molar-refractivity contribution is 0.461. The molecule has 0 unspecified atom stereocenters. The van der Waals surface area contributed by atoms with Gasteiger partial charge in [-0.2, -0.15) is 0 Å². The van der Waals surface area contributed by atoms with Crippen molar-refractivity contribution in [3.05, 3.63) is 12.1 Å². The van der Waals surface area contributed by atoms with Crippen molar-refractivity contribution in [3.63, 3.8) is 0 Å². The fourth-order valence-corrected chi connectivity index (χ4v) is 1.94. The van der Waals surface area contributed by atoms with E-state index in [1.807, 2.05) is 12.1 Å². The van der Waals surface area contributed by atoms with E-state index in [0.717, 1.165) is 5.82 Å². The molecule has 0 bridgehead atoms. The largest absolute Gasteiger partial charge is 0.366 e. The van der Waals surface area contributed by atoms with E-state index in [0.29, 0.717) is 11.9 Å². The minimum absolute atomic E-state index is 0.560. The third kappa shape index (κ3) is 2.79. The lowest BCUT2D eigenvalue weighted by atomic mass is 9.95. The zero-order valence-electron chi connectivity index (χ0n) is 8.74. The van der Waals surface area contributed by atoms with Crippen LogP contribution in [-0.2, 0) is 0 Å². The monoisotopic (exact) mass is 207 g/mol.